The Bertz CT molecular complexity index is 307. The number of benzene rings is 1. The highest BCUT2D eigenvalue weighted by Crippen LogP contribution is 2.17. The van der Waals surface area contributed by atoms with E-state index in [1.54, 1.807) is 12.1 Å². The van der Waals surface area contributed by atoms with Gasteiger partial charge in [-0.25, -0.2) is 4.79 Å². The highest BCUT2D eigenvalue weighted by atomic mass is 16.5. The fourth-order valence-corrected chi connectivity index (χ4v) is 1.02. The van der Waals surface area contributed by atoms with Crippen molar-refractivity contribution >= 4 is 5.97 Å². The van der Waals surface area contributed by atoms with E-state index in [2.05, 4.69) is 0 Å². The first-order valence-electron chi connectivity index (χ1n) is 4.69. The van der Waals surface area contributed by atoms with E-state index in [9.17, 15) is 9.90 Å². The molecule has 1 rings (SSSR count). The molecule has 0 unspecified atom stereocenters. The highest BCUT2D eigenvalue weighted by Gasteiger charge is 2.12. The predicted octanol–water partition coefficient (Wildman–Crippen LogP) is 2.79. The molecule has 0 bridgehead atoms. The van der Waals surface area contributed by atoms with Crippen LogP contribution in [0.15, 0.2) is 24.3 Å². The molecule has 0 atom stereocenters. The van der Waals surface area contributed by atoms with Gasteiger partial charge in [0.2, 0.25) is 0 Å². The molecule has 0 fully saturated rings. The molecule has 0 aliphatic carbocycles. The normalized spacial score (nSPS) is 9.79. The van der Waals surface area contributed by atoms with Crippen LogP contribution in [0.2, 0.25) is 0 Å². The van der Waals surface area contributed by atoms with Gasteiger partial charge in [0, 0.05) is 0 Å². The quantitative estimate of drug-likeness (QED) is 0.545. The molecule has 14 heavy (non-hydrogen) atoms. The molecule has 1 aromatic carbocycles. The molecule has 1 aromatic rings. The second-order valence-corrected chi connectivity index (χ2v) is 2.99. The lowest BCUT2D eigenvalue weighted by Gasteiger charge is -2.03. The molecule has 0 aromatic heterocycles. The molecule has 1 radical (unpaired) electrons. The summed E-state index contributed by atoms with van der Waals surface area (Å²) in [6.45, 7) is 2.39. The molecule has 0 spiro atoms. The van der Waals surface area contributed by atoms with Gasteiger partial charge in [-0.05, 0) is 18.6 Å². The Morgan fingerprint density at radius 2 is 2.07 bits per heavy atom. The van der Waals surface area contributed by atoms with Crippen LogP contribution in [0.4, 0.5) is 0 Å². The largest absolute Gasteiger partial charge is 0.462 e. The zero-order chi connectivity index (χ0) is 10.4. The van der Waals surface area contributed by atoms with Gasteiger partial charge in [0.25, 0.3) is 0 Å². The summed E-state index contributed by atoms with van der Waals surface area (Å²) < 4.78 is 4.91. The summed E-state index contributed by atoms with van der Waals surface area (Å²) in [6, 6.07) is 6.09. The van der Waals surface area contributed by atoms with Gasteiger partial charge in [0.05, 0.1) is 6.61 Å². The van der Waals surface area contributed by atoms with Crippen molar-refractivity contribution in [1.29, 1.82) is 0 Å². The van der Waals surface area contributed by atoms with Crippen molar-refractivity contribution in [1.82, 2.24) is 0 Å². The van der Waals surface area contributed by atoms with Crippen molar-refractivity contribution in [2.75, 3.05) is 6.61 Å². The Kier molecular flexibility index (Phi) is 3.98. The van der Waals surface area contributed by atoms with Gasteiger partial charge in [-0.1, -0.05) is 25.5 Å². The highest BCUT2D eigenvalue weighted by molar-refractivity contribution is 5.92. The second-order valence-electron chi connectivity index (χ2n) is 2.99. The van der Waals surface area contributed by atoms with E-state index in [-0.39, 0.29) is 11.3 Å². The van der Waals surface area contributed by atoms with Gasteiger partial charge >= 0.3 is 5.97 Å². The summed E-state index contributed by atoms with van der Waals surface area (Å²) in [5.41, 5.74) is 0.114. The third kappa shape index (κ3) is 2.76. The van der Waals surface area contributed by atoms with Crippen molar-refractivity contribution in [3.8, 4) is 5.75 Å². The molecular formula is C11H13O3. The molecule has 0 N–H and O–H groups in total. The smallest absolute Gasteiger partial charge is 0.342 e. The van der Waals surface area contributed by atoms with Crippen LogP contribution < -0.4 is 0 Å². The van der Waals surface area contributed by atoms with Gasteiger partial charge in [-0.3, -0.25) is 5.11 Å². The maximum atomic E-state index is 11.3. The van der Waals surface area contributed by atoms with Crippen LogP contribution in [0, 0.1) is 0 Å². The number of carbonyl (C=O) groups is 1. The monoisotopic (exact) mass is 193 g/mol. The standard InChI is InChI=1S/C11H13O3/c1-2-3-8-14-11(13)9-6-4-5-7-10(9)12/h4-7H,2-3,8H2,1H3. The molecule has 0 heterocycles. The Morgan fingerprint density at radius 3 is 2.71 bits per heavy atom. The van der Waals surface area contributed by atoms with Gasteiger partial charge < -0.3 is 4.74 Å². The number of ether oxygens (including phenoxy) is 1. The van der Waals surface area contributed by atoms with Gasteiger partial charge in [-0.15, -0.1) is 0 Å². The number of hydrogen-bond acceptors (Lipinski definition) is 2. The zero-order valence-electron chi connectivity index (χ0n) is 8.16. The molecule has 0 saturated heterocycles. The van der Waals surface area contributed by atoms with Crippen molar-refractivity contribution in [2.24, 2.45) is 0 Å². The molecule has 0 amide bonds. The van der Waals surface area contributed by atoms with Crippen LogP contribution >= 0.6 is 0 Å². The van der Waals surface area contributed by atoms with E-state index in [1.807, 2.05) is 6.92 Å². The third-order valence-electron chi connectivity index (χ3n) is 1.84. The van der Waals surface area contributed by atoms with Crippen molar-refractivity contribution in [3.63, 3.8) is 0 Å². The topological polar surface area (TPSA) is 46.2 Å². The number of esters is 1. The van der Waals surface area contributed by atoms with Gasteiger partial charge in [0.15, 0.2) is 5.75 Å². The van der Waals surface area contributed by atoms with E-state index in [0.29, 0.717) is 6.61 Å². The van der Waals surface area contributed by atoms with Crippen LogP contribution in [0.25, 0.3) is 0 Å². The molecule has 0 aliphatic heterocycles. The van der Waals surface area contributed by atoms with Crippen molar-refractivity contribution in [3.05, 3.63) is 29.8 Å². The lowest BCUT2D eigenvalue weighted by Crippen LogP contribution is -2.06. The average molecular weight is 193 g/mol. The van der Waals surface area contributed by atoms with Gasteiger partial charge in [-0.2, -0.15) is 0 Å². The number of carbonyl (C=O) groups excluding carboxylic acids is 1. The number of rotatable bonds is 4. The molecule has 3 heteroatoms. The first-order valence-corrected chi connectivity index (χ1v) is 4.69. The molecule has 3 nitrogen and oxygen atoms in total. The minimum Gasteiger partial charge on any atom is -0.462 e. The number of hydrogen-bond donors (Lipinski definition) is 0. The van der Waals surface area contributed by atoms with Crippen molar-refractivity contribution < 1.29 is 14.6 Å². The third-order valence-corrected chi connectivity index (χ3v) is 1.84. The lowest BCUT2D eigenvalue weighted by atomic mass is 10.2. The van der Waals surface area contributed by atoms with E-state index >= 15 is 0 Å². The summed E-state index contributed by atoms with van der Waals surface area (Å²) in [6.07, 6.45) is 1.79. The van der Waals surface area contributed by atoms with Crippen LogP contribution in [0.3, 0.4) is 0 Å². The molecular weight excluding hydrogens is 180 g/mol. The zero-order valence-corrected chi connectivity index (χ0v) is 8.16. The van der Waals surface area contributed by atoms with E-state index < -0.39 is 5.97 Å². The maximum Gasteiger partial charge on any atom is 0.342 e. The summed E-state index contributed by atoms with van der Waals surface area (Å²) in [5, 5.41) is 11.2. The Morgan fingerprint density at radius 1 is 1.36 bits per heavy atom. The minimum absolute atomic E-state index is 0.114. The SMILES string of the molecule is CCCCOC(=O)c1ccccc1[O]. The molecule has 75 valence electrons. The number of para-hydroxylation sites is 1. The molecule has 0 aliphatic rings. The van der Waals surface area contributed by atoms with E-state index in [1.165, 1.54) is 12.1 Å². The van der Waals surface area contributed by atoms with Crippen LogP contribution in [0.1, 0.15) is 30.1 Å². The van der Waals surface area contributed by atoms with Crippen LogP contribution in [-0.2, 0) is 9.84 Å². The average Bonchev–Trinajstić information content (AvgIpc) is 2.18. The Hall–Kier alpha value is -1.51. The van der Waals surface area contributed by atoms with Crippen LogP contribution in [-0.4, -0.2) is 12.6 Å². The fraction of sp³-hybridized carbons (Fsp3) is 0.364. The fourth-order valence-electron chi connectivity index (χ4n) is 1.02. The predicted molar refractivity (Wildman–Crippen MR) is 51.8 cm³/mol. The van der Waals surface area contributed by atoms with Gasteiger partial charge in [0.1, 0.15) is 5.56 Å². The summed E-state index contributed by atoms with van der Waals surface area (Å²) in [5.74, 6) is -0.807. The second kappa shape index (κ2) is 5.27. The first-order chi connectivity index (χ1) is 6.75. The maximum absolute atomic E-state index is 11.3. The summed E-state index contributed by atoms with van der Waals surface area (Å²) in [4.78, 5) is 11.3. The summed E-state index contributed by atoms with van der Waals surface area (Å²) in [7, 11) is 0. The lowest BCUT2D eigenvalue weighted by molar-refractivity contribution is 0.0494. The first kappa shape index (κ1) is 10.6. The van der Waals surface area contributed by atoms with Crippen LogP contribution in [0.5, 0.6) is 5.75 Å². The molecule has 0 saturated carbocycles. The Labute approximate surface area is 83.3 Å². The van der Waals surface area contributed by atoms with E-state index in [0.717, 1.165) is 12.8 Å². The summed E-state index contributed by atoms with van der Waals surface area (Å²) >= 11 is 0. The van der Waals surface area contributed by atoms with Crippen molar-refractivity contribution in [2.45, 2.75) is 19.8 Å². The Balaban J connectivity index is 2.56. The minimum atomic E-state index is -0.524. The number of unbranched alkanes of at least 4 members (excludes halogenated alkanes) is 1. The van der Waals surface area contributed by atoms with E-state index in [4.69, 9.17) is 4.74 Å².